The number of carbonyl (C=O) groups is 2. The van der Waals surface area contributed by atoms with Crippen LogP contribution in [0.25, 0.3) is 0 Å². The van der Waals surface area contributed by atoms with Crippen LogP contribution in [0.5, 0.6) is 0 Å². The first kappa shape index (κ1) is 15.9. The van der Waals surface area contributed by atoms with E-state index in [0.29, 0.717) is 15.7 Å². The molecule has 0 spiro atoms. The number of carboxylic acids is 1. The quantitative estimate of drug-likeness (QED) is 0.752. The fourth-order valence-corrected chi connectivity index (χ4v) is 1.70. The summed E-state index contributed by atoms with van der Waals surface area (Å²) in [6.07, 6.45) is -1.13. The molecule has 0 saturated heterocycles. The maximum atomic E-state index is 11.6. The first-order chi connectivity index (χ1) is 9.47. The molecule has 1 atom stereocenters. The van der Waals surface area contributed by atoms with Gasteiger partial charge in [-0.1, -0.05) is 15.9 Å². The zero-order valence-electron chi connectivity index (χ0n) is 10.5. The number of urea groups is 1. The van der Waals surface area contributed by atoms with Crippen LogP contribution in [0.2, 0.25) is 0 Å². The molecule has 1 rings (SSSR count). The van der Waals surface area contributed by atoms with E-state index >= 15 is 0 Å². The van der Waals surface area contributed by atoms with Crippen molar-refractivity contribution in [3.63, 3.8) is 0 Å². The summed E-state index contributed by atoms with van der Waals surface area (Å²) >= 11 is 3.23. The standard InChI is InChI=1S/C12H12BrN3O4/c1-20-10(11(17)18)6-15-12(19)16-9-4-8(13)3-2-7(9)5-14/h2-4,10H,6H2,1H3,(H,17,18)(H2,15,16,19). The van der Waals surface area contributed by atoms with Crippen LogP contribution in [0.1, 0.15) is 5.56 Å². The number of hydrogen-bond donors (Lipinski definition) is 3. The fourth-order valence-electron chi connectivity index (χ4n) is 1.34. The van der Waals surface area contributed by atoms with Gasteiger partial charge < -0.3 is 20.5 Å². The van der Waals surface area contributed by atoms with Gasteiger partial charge in [-0.25, -0.2) is 9.59 Å². The third kappa shape index (κ3) is 4.53. The summed E-state index contributed by atoms with van der Waals surface area (Å²) in [7, 11) is 1.24. The maximum absolute atomic E-state index is 11.6. The van der Waals surface area contributed by atoms with Crippen molar-refractivity contribution in [2.24, 2.45) is 0 Å². The second-order valence-electron chi connectivity index (χ2n) is 3.70. The Morgan fingerprint density at radius 2 is 2.25 bits per heavy atom. The summed E-state index contributed by atoms with van der Waals surface area (Å²) in [6, 6.07) is 6.11. The average molecular weight is 342 g/mol. The molecule has 0 saturated carbocycles. The number of nitriles is 1. The van der Waals surface area contributed by atoms with E-state index in [1.807, 2.05) is 6.07 Å². The highest BCUT2D eigenvalue weighted by molar-refractivity contribution is 9.10. The topological polar surface area (TPSA) is 111 Å². The van der Waals surface area contributed by atoms with Crippen molar-refractivity contribution in [2.75, 3.05) is 19.0 Å². The molecule has 0 bridgehead atoms. The molecule has 3 N–H and O–H groups in total. The molecule has 1 unspecified atom stereocenters. The van der Waals surface area contributed by atoms with Crippen LogP contribution in [0.15, 0.2) is 22.7 Å². The number of nitrogens with one attached hydrogen (secondary N) is 2. The third-order valence-corrected chi connectivity index (χ3v) is 2.85. The number of ether oxygens (including phenoxy) is 1. The molecule has 8 heteroatoms. The number of carboxylic acid groups (broad SMARTS) is 1. The molecule has 0 aliphatic carbocycles. The molecular formula is C12H12BrN3O4. The van der Waals surface area contributed by atoms with Gasteiger partial charge in [0, 0.05) is 11.6 Å². The molecule has 106 valence electrons. The molecule has 0 heterocycles. The summed E-state index contributed by atoms with van der Waals surface area (Å²) in [5.74, 6) is -1.17. The van der Waals surface area contributed by atoms with Crippen LogP contribution in [-0.4, -0.2) is 36.9 Å². The predicted molar refractivity (Wildman–Crippen MR) is 74.3 cm³/mol. The van der Waals surface area contributed by atoms with Gasteiger partial charge in [-0.15, -0.1) is 0 Å². The van der Waals surface area contributed by atoms with Crippen LogP contribution in [0.4, 0.5) is 10.5 Å². The molecule has 20 heavy (non-hydrogen) atoms. The van der Waals surface area contributed by atoms with Gasteiger partial charge in [0.1, 0.15) is 6.07 Å². The van der Waals surface area contributed by atoms with Crippen molar-refractivity contribution in [1.29, 1.82) is 5.26 Å². The van der Waals surface area contributed by atoms with Crippen LogP contribution >= 0.6 is 15.9 Å². The van der Waals surface area contributed by atoms with Gasteiger partial charge in [-0.05, 0) is 18.2 Å². The second kappa shape index (κ2) is 7.47. The molecule has 0 aromatic heterocycles. The number of amides is 2. The molecule has 2 amide bonds. The number of rotatable bonds is 5. The molecule has 0 fully saturated rings. The van der Waals surface area contributed by atoms with Gasteiger partial charge in [0.2, 0.25) is 0 Å². The molecule has 1 aromatic carbocycles. The van der Waals surface area contributed by atoms with E-state index in [2.05, 4.69) is 31.3 Å². The summed E-state index contributed by atoms with van der Waals surface area (Å²) in [5.41, 5.74) is 0.619. The Kier molecular flexibility index (Phi) is 5.96. The highest BCUT2D eigenvalue weighted by Crippen LogP contribution is 2.20. The van der Waals surface area contributed by atoms with Crippen molar-refractivity contribution < 1.29 is 19.4 Å². The first-order valence-corrected chi connectivity index (χ1v) is 6.27. The fraction of sp³-hybridized carbons (Fsp3) is 0.250. The largest absolute Gasteiger partial charge is 0.479 e. The van der Waals surface area contributed by atoms with Gasteiger partial charge in [0.05, 0.1) is 17.8 Å². The summed E-state index contributed by atoms with van der Waals surface area (Å²) < 4.78 is 5.38. The van der Waals surface area contributed by atoms with Gasteiger partial charge in [0.25, 0.3) is 0 Å². The van der Waals surface area contributed by atoms with Gasteiger partial charge in [-0.2, -0.15) is 5.26 Å². The minimum atomic E-state index is -1.17. The lowest BCUT2D eigenvalue weighted by molar-refractivity contribution is -0.147. The van der Waals surface area contributed by atoms with E-state index in [9.17, 15) is 9.59 Å². The van der Waals surface area contributed by atoms with Crippen molar-refractivity contribution in [3.05, 3.63) is 28.2 Å². The number of aliphatic carboxylic acids is 1. The van der Waals surface area contributed by atoms with Crippen molar-refractivity contribution >= 4 is 33.6 Å². The maximum Gasteiger partial charge on any atom is 0.334 e. The summed E-state index contributed by atoms with van der Waals surface area (Å²) in [4.78, 5) is 22.3. The molecule has 0 radical (unpaired) electrons. The first-order valence-electron chi connectivity index (χ1n) is 5.48. The SMILES string of the molecule is COC(CNC(=O)Nc1cc(Br)ccc1C#N)C(=O)O. The Labute approximate surface area is 123 Å². The molecule has 7 nitrogen and oxygen atoms in total. The molecule has 1 aromatic rings. The van der Waals surface area contributed by atoms with Gasteiger partial charge in [0.15, 0.2) is 6.10 Å². The Bertz CT molecular complexity index is 556. The highest BCUT2D eigenvalue weighted by Gasteiger charge is 2.17. The van der Waals surface area contributed by atoms with Gasteiger partial charge >= 0.3 is 12.0 Å². The molecule has 0 aliphatic heterocycles. The lowest BCUT2D eigenvalue weighted by Gasteiger charge is -2.13. The zero-order chi connectivity index (χ0) is 15.1. The van der Waals surface area contributed by atoms with E-state index in [0.717, 1.165) is 0 Å². The zero-order valence-corrected chi connectivity index (χ0v) is 12.1. The number of benzene rings is 1. The Balaban J connectivity index is 2.65. The predicted octanol–water partition coefficient (Wildman–Crippen LogP) is 1.54. The Morgan fingerprint density at radius 3 is 2.80 bits per heavy atom. The third-order valence-electron chi connectivity index (χ3n) is 2.36. The molecule has 0 aliphatic rings. The highest BCUT2D eigenvalue weighted by atomic mass is 79.9. The average Bonchev–Trinajstić information content (AvgIpc) is 2.39. The van der Waals surface area contributed by atoms with Crippen molar-refractivity contribution in [3.8, 4) is 6.07 Å². The van der Waals surface area contributed by atoms with Crippen molar-refractivity contribution in [2.45, 2.75) is 6.10 Å². The Hall–Kier alpha value is -2.11. The number of methoxy groups -OCH3 is 1. The number of halogens is 1. The van der Waals surface area contributed by atoms with Crippen LogP contribution in [-0.2, 0) is 9.53 Å². The number of anilines is 1. The summed E-state index contributed by atoms with van der Waals surface area (Å²) in [5, 5.41) is 22.5. The number of carbonyl (C=O) groups excluding carboxylic acids is 1. The van der Waals surface area contributed by atoms with E-state index in [1.54, 1.807) is 18.2 Å². The monoisotopic (exact) mass is 341 g/mol. The van der Waals surface area contributed by atoms with Crippen LogP contribution in [0, 0.1) is 11.3 Å². The normalized spacial score (nSPS) is 11.2. The molecular weight excluding hydrogens is 330 g/mol. The lowest BCUT2D eigenvalue weighted by Crippen LogP contribution is -2.39. The summed E-state index contributed by atoms with van der Waals surface area (Å²) in [6.45, 7) is -0.187. The second-order valence-corrected chi connectivity index (χ2v) is 4.61. The lowest BCUT2D eigenvalue weighted by atomic mass is 10.2. The number of nitrogens with zero attached hydrogens (tertiary/aromatic N) is 1. The van der Waals surface area contributed by atoms with E-state index in [4.69, 9.17) is 10.4 Å². The van der Waals surface area contributed by atoms with Crippen LogP contribution < -0.4 is 10.6 Å². The van der Waals surface area contributed by atoms with E-state index < -0.39 is 18.1 Å². The van der Waals surface area contributed by atoms with E-state index in [-0.39, 0.29) is 6.54 Å². The van der Waals surface area contributed by atoms with E-state index in [1.165, 1.54) is 7.11 Å². The Morgan fingerprint density at radius 1 is 1.55 bits per heavy atom. The van der Waals surface area contributed by atoms with Crippen molar-refractivity contribution in [1.82, 2.24) is 5.32 Å². The van der Waals surface area contributed by atoms with Gasteiger partial charge in [-0.3, -0.25) is 0 Å². The number of hydrogen-bond acceptors (Lipinski definition) is 4. The minimum Gasteiger partial charge on any atom is -0.479 e. The van der Waals surface area contributed by atoms with Crippen LogP contribution in [0.3, 0.4) is 0 Å². The smallest absolute Gasteiger partial charge is 0.334 e. The minimum absolute atomic E-state index is 0.187.